The van der Waals surface area contributed by atoms with Gasteiger partial charge in [-0.25, -0.2) is 4.79 Å². The second kappa shape index (κ2) is 4.91. The van der Waals surface area contributed by atoms with Gasteiger partial charge in [0.05, 0.1) is 16.9 Å². The summed E-state index contributed by atoms with van der Waals surface area (Å²) in [7, 11) is 1.87. The van der Waals surface area contributed by atoms with Gasteiger partial charge < -0.3 is 10.4 Å². The van der Waals surface area contributed by atoms with Crippen LogP contribution in [0.3, 0.4) is 0 Å². The van der Waals surface area contributed by atoms with Crippen LogP contribution in [0, 0.1) is 6.92 Å². The number of nitrogens with one attached hydrogen (secondary N) is 1. The SMILES string of the molecule is Cc1nn(C)cc1NCc1ccc(C(=O)O)cc1. The van der Waals surface area contributed by atoms with E-state index in [1.165, 1.54) is 0 Å². The van der Waals surface area contributed by atoms with Crippen LogP contribution in [0.4, 0.5) is 5.69 Å². The molecule has 0 aliphatic carbocycles. The molecule has 1 aromatic heterocycles. The molecule has 0 fully saturated rings. The van der Waals surface area contributed by atoms with Crippen molar-refractivity contribution in [3.8, 4) is 0 Å². The van der Waals surface area contributed by atoms with Gasteiger partial charge in [0.1, 0.15) is 0 Å². The van der Waals surface area contributed by atoms with Gasteiger partial charge in [0.25, 0.3) is 0 Å². The molecule has 0 bridgehead atoms. The molecule has 1 aromatic carbocycles. The average molecular weight is 245 g/mol. The third-order valence-electron chi connectivity index (χ3n) is 2.70. The lowest BCUT2D eigenvalue weighted by Crippen LogP contribution is -2.01. The molecule has 0 amide bonds. The van der Waals surface area contributed by atoms with E-state index < -0.39 is 5.97 Å². The fourth-order valence-electron chi connectivity index (χ4n) is 1.74. The van der Waals surface area contributed by atoms with Gasteiger partial charge in [-0.05, 0) is 24.6 Å². The summed E-state index contributed by atoms with van der Waals surface area (Å²) in [5.74, 6) is -0.905. The van der Waals surface area contributed by atoms with Gasteiger partial charge in [-0.1, -0.05) is 12.1 Å². The highest BCUT2D eigenvalue weighted by atomic mass is 16.4. The molecule has 0 radical (unpaired) electrons. The number of anilines is 1. The van der Waals surface area contributed by atoms with E-state index in [1.807, 2.05) is 32.3 Å². The molecule has 0 aliphatic heterocycles. The number of carboxylic acid groups (broad SMARTS) is 1. The van der Waals surface area contributed by atoms with E-state index in [2.05, 4.69) is 10.4 Å². The number of aromatic nitrogens is 2. The van der Waals surface area contributed by atoms with Crippen LogP contribution in [-0.4, -0.2) is 20.9 Å². The van der Waals surface area contributed by atoms with Gasteiger partial charge >= 0.3 is 5.97 Å². The third kappa shape index (κ3) is 2.68. The fraction of sp³-hybridized carbons (Fsp3) is 0.231. The van der Waals surface area contributed by atoms with E-state index in [0.717, 1.165) is 16.9 Å². The quantitative estimate of drug-likeness (QED) is 0.865. The maximum atomic E-state index is 10.7. The van der Waals surface area contributed by atoms with Gasteiger partial charge in [-0.3, -0.25) is 4.68 Å². The Morgan fingerprint density at radius 3 is 2.56 bits per heavy atom. The number of hydrogen-bond acceptors (Lipinski definition) is 3. The number of hydrogen-bond donors (Lipinski definition) is 2. The summed E-state index contributed by atoms with van der Waals surface area (Å²) in [6, 6.07) is 6.83. The van der Waals surface area contributed by atoms with Crippen molar-refractivity contribution in [1.29, 1.82) is 0 Å². The van der Waals surface area contributed by atoms with Crippen molar-refractivity contribution in [2.45, 2.75) is 13.5 Å². The Kier molecular flexibility index (Phi) is 3.32. The smallest absolute Gasteiger partial charge is 0.335 e. The molecule has 5 nitrogen and oxygen atoms in total. The Bertz CT molecular complexity index is 558. The first-order valence-corrected chi connectivity index (χ1v) is 5.62. The lowest BCUT2D eigenvalue weighted by atomic mass is 10.1. The van der Waals surface area contributed by atoms with E-state index >= 15 is 0 Å². The number of aryl methyl sites for hydroxylation is 2. The molecule has 94 valence electrons. The number of benzene rings is 1. The minimum Gasteiger partial charge on any atom is -0.478 e. The van der Waals surface area contributed by atoms with Crippen LogP contribution in [-0.2, 0) is 13.6 Å². The van der Waals surface area contributed by atoms with E-state index in [9.17, 15) is 4.79 Å². The summed E-state index contributed by atoms with van der Waals surface area (Å²) < 4.78 is 1.76. The van der Waals surface area contributed by atoms with Crippen molar-refractivity contribution in [2.24, 2.45) is 7.05 Å². The first-order chi connectivity index (χ1) is 8.56. The van der Waals surface area contributed by atoms with Crippen LogP contribution in [0.5, 0.6) is 0 Å². The number of nitrogens with zero attached hydrogens (tertiary/aromatic N) is 2. The highest BCUT2D eigenvalue weighted by Crippen LogP contribution is 2.13. The summed E-state index contributed by atoms with van der Waals surface area (Å²) in [6.07, 6.45) is 1.92. The normalized spacial score (nSPS) is 10.3. The van der Waals surface area contributed by atoms with E-state index in [0.29, 0.717) is 12.1 Å². The molecule has 0 spiro atoms. The topological polar surface area (TPSA) is 67.2 Å². The molecule has 1 heterocycles. The van der Waals surface area contributed by atoms with Crippen molar-refractivity contribution < 1.29 is 9.90 Å². The minimum absolute atomic E-state index is 0.302. The van der Waals surface area contributed by atoms with Gasteiger partial charge in [-0.15, -0.1) is 0 Å². The summed E-state index contributed by atoms with van der Waals surface area (Å²) in [5, 5.41) is 16.3. The molecule has 2 N–H and O–H groups in total. The first kappa shape index (κ1) is 12.2. The van der Waals surface area contributed by atoms with Crippen molar-refractivity contribution in [3.63, 3.8) is 0 Å². The van der Waals surface area contributed by atoms with Gasteiger partial charge in [0.2, 0.25) is 0 Å². The highest BCUT2D eigenvalue weighted by Gasteiger charge is 2.04. The van der Waals surface area contributed by atoms with Crippen molar-refractivity contribution in [1.82, 2.24) is 9.78 Å². The Labute approximate surface area is 105 Å². The molecule has 0 atom stereocenters. The first-order valence-electron chi connectivity index (χ1n) is 5.62. The average Bonchev–Trinajstić information content (AvgIpc) is 2.66. The molecule has 2 aromatic rings. The fourth-order valence-corrected chi connectivity index (χ4v) is 1.74. The van der Waals surface area contributed by atoms with Crippen LogP contribution < -0.4 is 5.32 Å². The van der Waals surface area contributed by atoms with Crippen LogP contribution in [0.2, 0.25) is 0 Å². The van der Waals surface area contributed by atoms with Crippen LogP contribution in [0.25, 0.3) is 0 Å². The minimum atomic E-state index is -0.905. The molecule has 0 saturated heterocycles. The number of carboxylic acids is 1. The molecule has 0 saturated carbocycles. The van der Waals surface area contributed by atoms with Crippen molar-refractivity contribution >= 4 is 11.7 Å². The predicted molar refractivity (Wildman–Crippen MR) is 68.7 cm³/mol. The van der Waals surface area contributed by atoms with Crippen LogP contribution in [0.1, 0.15) is 21.6 Å². The Balaban J connectivity index is 2.02. The molecule has 2 rings (SSSR count). The van der Waals surface area contributed by atoms with Gasteiger partial charge in [0.15, 0.2) is 0 Å². The summed E-state index contributed by atoms with van der Waals surface area (Å²) in [6.45, 7) is 2.59. The molecule has 18 heavy (non-hydrogen) atoms. The molecular weight excluding hydrogens is 230 g/mol. The zero-order valence-corrected chi connectivity index (χ0v) is 10.3. The Morgan fingerprint density at radius 2 is 2.06 bits per heavy atom. The summed E-state index contributed by atoms with van der Waals surface area (Å²) in [4.78, 5) is 10.7. The molecule has 5 heteroatoms. The van der Waals surface area contributed by atoms with Crippen molar-refractivity contribution in [3.05, 3.63) is 47.3 Å². The molecule has 0 unspecified atom stereocenters. The predicted octanol–water partition coefficient (Wildman–Crippen LogP) is 2.04. The molecular formula is C13H15N3O2. The Hall–Kier alpha value is -2.30. The molecule has 0 aliphatic rings. The second-order valence-corrected chi connectivity index (χ2v) is 4.16. The number of aromatic carboxylic acids is 1. The van der Waals surface area contributed by atoms with E-state index in [-0.39, 0.29) is 0 Å². The number of rotatable bonds is 4. The van der Waals surface area contributed by atoms with Crippen LogP contribution in [0.15, 0.2) is 30.5 Å². The zero-order valence-electron chi connectivity index (χ0n) is 10.3. The van der Waals surface area contributed by atoms with Gasteiger partial charge in [-0.2, -0.15) is 5.10 Å². The third-order valence-corrected chi connectivity index (χ3v) is 2.70. The Morgan fingerprint density at radius 1 is 1.39 bits per heavy atom. The highest BCUT2D eigenvalue weighted by molar-refractivity contribution is 5.87. The van der Waals surface area contributed by atoms with E-state index in [1.54, 1.807) is 16.8 Å². The summed E-state index contributed by atoms with van der Waals surface area (Å²) in [5.41, 5.74) is 3.26. The standard InChI is InChI=1S/C13H15N3O2/c1-9-12(8-16(2)15-9)14-7-10-3-5-11(6-4-10)13(17)18/h3-6,8,14H,7H2,1-2H3,(H,17,18). The van der Waals surface area contributed by atoms with Gasteiger partial charge in [0, 0.05) is 19.8 Å². The van der Waals surface area contributed by atoms with Crippen molar-refractivity contribution in [2.75, 3.05) is 5.32 Å². The monoisotopic (exact) mass is 245 g/mol. The lowest BCUT2D eigenvalue weighted by Gasteiger charge is -2.05. The zero-order chi connectivity index (χ0) is 13.1. The summed E-state index contributed by atoms with van der Waals surface area (Å²) >= 11 is 0. The number of carbonyl (C=O) groups is 1. The largest absolute Gasteiger partial charge is 0.478 e. The maximum Gasteiger partial charge on any atom is 0.335 e. The lowest BCUT2D eigenvalue weighted by molar-refractivity contribution is 0.0697. The van der Waals surface area contributed by atoms with Crippen LogP contribution >= 0.6 is 0 Å². The second-order valence-electron chi connectivity index (χ2n) is 4.16. The maximum absolute atomic E-state index is 10.7. The van der Waals surface area contributed by atoms with E-state index in [4.69, 9.17) is 5.11 Å².